The molecule has 1 rings (SSSR count). The highest BCUT2D eigenvalue weighted by atomic mass is 16.5. The van der Waals surface area contributed by atoms with E-state index >= 15 is 0 Å². The van der Waals surface area contributed by atoms with E-state index in [4.69, 9.17) is 4.74 Å². The highest BCUT2D eigenvalue weighted by molar-refractivity contribution is 4.88. The molecule has 0 amide bonds. The van der Waals surface area contributed by atoms with Crippen LogP contribution >= 0.6 is 0 Å². The van der Waals surface area contributed by atoms with Crippen LogP contribution in [0, 0.1) is 11.8 Å². The molecule has 3 heteroatoms. The van der Waals surface area contributed by atoms with Crippen molar-refractivity contribution in [3.63, 3.8) is 0 Å². The first-order valence-corrected chi connectivity index (χ1v) is 4.02. The molecule has 1 fully saturated rings. The van der Waals surface area contributed by atoms with Gasteiger partial charge in [-0.15, -0.1) is 0 Å². The maximum Gasteiger partial charge on any atom is 0.0851 e. The van der Waals surface area contributed by atoms with Gasteiger partial charge in [0.25, 0.3) is 0 Å². The fourth-order valence-electron chi connectivity index (χ4n) is 1.75. The van der Waals surface area contributed by atoms with E-state index in [1.807, 2.05) is 6.92 Å². The first-order valence-electron chi connectivity index (χ1n) is 4.02. The minimum Gasteiger partial charge on any atom is -0.390 e. The van der Waals surface area contributed by atoms with Crippen LogP contribution in [0.1, 0.15) is 13.3 Å². The largest absolute Gasteiger partial charge is 0.390 e. The zero-order chi connectivity index (χ0) is 8.43. The van der Waals surface area contributed by atoms with Gasteiger partial charge in [0.1, 0.15) is 0 Å². The quantitative estimate of drug-likeness (QED) is 0.598. The van der Waals surface area contributed by atoms with Gasteiger partial charge in [-0.05, 0) is 12.3 Å². The zero-order valence-electron chi connectivity index (χ0n) is 7.03. The van der Waals surface area contributed by atoms with Crippen molar-refractivity contribution >= 4 is 0 Å². The number of ether oxygens (including phenoxy) is 1. The molecule has 0 heterocycles. The summed E-state index contributed by atoms with van der Waals surface area (Å²) in [7, 11) is 1.61. The Morgan fingerprint density at radius 1 is 1.36 bits per heavy atom. The number of aliphatic hydroxyl groups excluding tert-OH is 2. The molecule has 0 aromatic rings. The number of methoxy groups -OCH3 is 1. The summed E-state index contributed by atoms with van der Waals surface area (Å²) < 4.78 is 4.92. The van der Waals surface area contributed by atoms with Crippen LogP contribution in [0.5, 0.6) is 0 Å². The van der Waals surface area contributed by atoms with E-state index in [9.17, 15) is 10.2 Å². The Balaban J connectivity index is 2.45. The van der Waals surface area contributed by atoms with Gasteiger partial charge in [-0.2, -0.15) is 0 Å². The monoisotopic (exact) mass is 160 g/mol. The molecule has 0 saturated heterocycles. The summed E-state index contributed by atoms with van der Waals surface area (Å²) in [6, 6.07) is 0. The molecule has 2 N–H and O–H groups in total. The lowest BCUT2D eigenvalue weighted by Gasteiger charge is -2.14. The summed E-state index contributed by atoms with van der Waals surface area (Å²) in [5.41, 5.74) is 0. The summed E-state index contributed by atoms with van der Waals surface area (Å²) in [5, 5.41) is 18.8. The van der Waals surface area contributed by atoms with Crippen molar-refractivity contribution in [2.75, 3.05) is 13.7 Å². The van der Waals surface area contributed by atoms with Gasteiger partial charge < -0.3 is 14.9 Å². The zero-order valence-corrected chi connectivity index (χ0v) is 7.03. The highest BCUT2D eigenvalue weighted by Crippen LogP contribution is 2.31. The number of hydrogen-bond acceptors (Lipinski definition) is 3. The van der Waals surface area contributed by atoms with E-state index in [0.717, 1.165) is 6.42 Å². The third-order valence-electron chi connectivity index (χ3n) is 2.47. The van der Waals surface area contributed by atoms with E-state index < -0.39 is 12.2 Å². The molecular weight excluding hydrogens is 144 g/mol. The van der Waals surface area contributed by atoms with Gasteiger partial charge in [0.05, 0.1) is 18.8 Å². The van der Waals surface area contributed by atoms with Crippen molar-refractivity contribution < 1.29 is 14.9 Å². The molecule has 0 radical (unpaired) electrons. The Morgan fingerprint density at radius 3 is 2.36 bits per heavy atom. The van der Waals surface area contributed by atoms with Crippen molar-refractivity contribution in [1.82, 2.24) is 0 Å². The van der Waals surface area contributed by atoms with Gasteiger partial charge in [0.2, 0.25) is 0 Å². The van der Waals surface area contributed by atoms with E-state index in [1.165, 1.54) is 0 Å². The van der Waals surface area contributed by atoms with Crippen LogP contribution in [-0.2, 0) is 4.74 Å². The van der Waals surface area contributed by atoms with E-state index in [1.54, 1.807) is 7.11 Å². The summed E-state index contributed by atoms with van der Waals surface area (Å²) in [6.45, 7) is 2.49. The van der Waals surface area contributed by atoms with Gasteiger partial charge in [-0.1, -0.05) is 6.92 Å². The predicted molar refractivity (Wildman–Crippen MR) is 41.2 cm³/mol. The number of hydrogen-bond donors (Lipinski definition) is 2. The smallest absolute Gasteiger partial charge is 0.0851 e. The first kappa shape index (κ1) is 8.97. The topological polar surface area (TPSA) is 49.7 Å². The lowest BCUT2D eigenvalue weighted by Crippen LogP contribution is -2.29. The molecule has 0 bridgehead atoms. The van der Waals surface area contributed by atoms with Crippen LogP contribution in [0.4, 0.5) is 0 Å². The SMILES string of the molecule is COCC1CC(C)C(O)C1O. The van der Waals surface area contributed by atoms with Crippen LogP contribution in [0.25, 0.3) is 0 Å². The maximum absolute atomic E-state index is 9.43. The van der Waals surface area contributed by atoms with E-state index in [0.29, 0.717) is 6.61 Å². The van der Waals surface area contributed by atoms with Crippen LogP contribution < -0.4 is 0 Å². The second-order valence-electron chi connectivity index (χ2n) is 3.41. The van der Waals surface area contributed by atoms with Crippen molar-refractivity contribution in [2.45, 2.75) is 25.6 Å². The van der Waals surface area contributed by atoms with E-state index in [2.05, 4.69) is 0 Å². The molecule has 11 heavy (non-hydrogen) atoms. The Labute approximate surface area is 67.0 Å². The second kappa shape index (κ2) is 3.52. The number of rotatable bonds is 2. The minimum absolute atomic E-state index is 0.116. The lowest BCUT2D eigenvalue weighted by molar-refractivity contribution is -0.00885. The molecular formula is C8H16O3. The molecule has 3 nitrogen and oxygen atoms in total. The summed E-state index contributed by atoms with van der Waals surface area (Å²) in [5.74, 6) is 0.315. The second-order valence-corrected chi connectivity index (χ2v) is 3.41. The summed E-state index contributed by atoms with van der Waals surface area (Å²) in [6.07, 6.45) is -0.295. The molecule has 4 atom stereocenters. The number of aliphatic hydroxyl groups is 2. The van der Waals surface area contributed by atoms with E-state index in [-0.39, 0.29) is 11.8 Å². The first-order chi connectivity index (χ1) is 5.16. The van der Waals surface area contributed by atoms with Crippen LogP contribution in [0.15, 0.2) is 0 Å². The average Bonchev–Trinajstić information content (AvgIpc) is 2.19. The van der Waals surface area contributed by atoms with Gasteiger partial charge in [0.15, 0.2) is 0 Å². The van der Waals surface area contributed by atoms with Gasteiger partial charge >= 0.3 is 0 Å². The fourth-order valence-corrected chi connectivity index (χ4v) is 1.75. The third kappa shape index (κ3) is 1.72. The molecule has 1 aliphatic carbocycles. The van der Waals surface area contributed by atoms with Gasteiger partial charge in [-0.3, -0.25) is 0 Å². The molecule has 0 spiro atoms. The standard InChI is InChI=1S/C8H16O3/c1-5-3-6(4-11-2)8(10)7(5)9/h5-10H,3-4H2,1-2H3. The fraction of sp³-hybridized carbons (Fsp3) is 1.00. The van der Waals surface area contributed by atoms with Crippen molar-refractivity contribution in [3.8, 4) is 0 Å². The molecule has 66 valence electrons. The molecule has 0 aromatic heterocycles. The highest BCUT2D eigenvalue weighted by Gasteiger charge is 2.38. The van der Waals surface area contributed by atoms with Crippen LogP contribution in [0.3, 0.4) is 0 Å². The van der Waals surface area contributed by atoms with Crippen molar-refractivity contribution in [2.24, 2.45) is 11.8 Å². The summed E-state index contributed by atoms with van der Waals surface area (Å²) in [4.78, 5) is 0. The minimum atomic E-state index is -0.593. The van der Waals surface area contributed by atoms with Gasteiger partial charge in [0, 0.05) is 13.0 Å². The lowest BCUT2D eigenvalue weighted by atomic mass is 10.1. The van der Waals surface area contributed by atoms with Crippen LogP contribution in [0.2, 0.25) is 0 Å². The van der Waals surface area contributed by atoms with Crippen molar-refractivity contribution in [1.29, 1.82) is 0 Å². The van der Waals surface area contributed by atoms with Crippen molar-refractivity contribution in [3.05, 3.63) is 0 Å². The molecule has 0 aliphatic heterocycles. The average molecular weight is 160 g/mol. The molecule has 1 aliphatic rings. The Kier molecular flexibility index (Phi) is 2.87. The maximum atomic E-state index is 9.43. The van der Waals surface area contributed by atoms with Gasteiger partial charge in [-0.25, -0.2) is 0 Å². The third-order valence-corrected chi connectivity index (χ3v) is 2.47. The summed E-state index contributed by atoms with van der Waals surface area (Å²) >= 11 is 0. The van der Waals surface area contributed by atoms with Crippen LogP contribution in [-0.4, -0.2) is 36.1 Å². The predicted octanol–water partition coefficient (Wildman–Crippen LogP) is 0.0106. The molecule has 0 aromatic carbocycles. The molecule has 4 unspecified atom stereocenters. The Morgan fingerprint density at radius 2 is 2.00 bits per heavy atom. The Bertz CT molecular complexity index is 127. The Hall–Kier alpha value is -0.120. The molecule has 1 saturated carbocycles. The normalized spacial score (nSPS) is 44.7.